The van der Waals surface area contributed by atoms with E-state index in [4.69, 9.17) is 5.11 Å². The third kappa shape index (κ3) is 1.29. The lowest BCUT2D eigenvalue weighted by atomic mass is 10.2. The molecule has 1 aromatic heterocycles. The molecular formula is C7H12N2O. The average molecular weight is 140 g/mol. The Morgan fingerprint density at radius 2 is 2.40 bits per heavy atom. The molecule has 0 aromatic carbocycles. The minimum atomic E-state index is 0.117. The Morgan fingerprint density at radius 3 is 2.80 bits per heavy atom. The average Bonchev–Trinajstić information content (AvgIpc) is 2.13. The van der Waals surface area contributed by atoms with E-state index in [9.17, 15) is 0 Å². The molecule has 10 heavy (non-hydrogen) atoms. The molecule has 1 rings (SSSR count). The van der Waals surface area contributed by atoms with Gasteiger partial charge in [0.2, 0.25) is 5.88 Å². The molecule has 0 radical (unpaired) electrons. The van der Waals surface area contributed by atoms with Crippen LogP contribution in [0.3, 0.4) is 0 Å². The van der Waals surface area contributed by atoms with Crippen molar-refractivity contribution >= 4 is 0 Å². The maximum absolute atomic E-state index is 8.93. The van der Waals surface area contributed by atoms with Crippen LogP contribution in [-0.2, 0) is 13.5 Å². The summed E-state index contributed by atoms with van der Waals surface area (Å²) in [6.45, 7) is 2.10. The highest BCUT2D eigenvalue weighted by molar-refractivity contribution is 5.13. The van der Waals surface area contributed by atoms with E-state index in [0.29, 0.717) is 0 Å². The van der Waals surface area contributed by atoms with Crippen LogP contribution in [0.1, 0.15) is 19.0 Å². The summed E-state index contributed by atoms with van der Waals surface area (Å²) in [7, 11) is 1.84. The molecule has 0 unspecified atom stereocenters. The fourth-order valence-corrected chi connectivity index (χ4v) is 0.979. The van der Waals surface area contributed by atoms with Crippen LogP contribution in [0.25, 0.3) is 0 Å². The van der Waals surface area contributed by atoms with Crippen molar-refractivity contribution in [3.8, 4) is 5.88 Å². The topological polar surface area (TPSA) is 38.1 Å². The van der Waals surface area contributed by atoms with Crippen molar-refractivity contribution in [2.45, 2.75) is 19.8 Å². The lowest BCUT2D eigenvalue weighted by Crippen LogP contribution is -1.96. The highest BCUT2D eigenvalue weighted by atomic mass is 16.3. The molecule has 56 valence electrons. The van der Waals surface area contributed by atoms with Gasteiger partial charge in [-0.1, -0.05) is 13.3 Å². The van der Waals surface area contributed by atoms with E-state index in [-0.39, 0.29) is 5.88 Å². The second-order valence-corrected chi connectivity index (χ2v) is 2.37. The molecule has 1 aromatic rings. The highest BCUT2D eigenvalue weighted by Gasteiger charge is 2.00. The Bertz CT molecular complexity index is 217. The number of rotatable bonds is 2. The molecule has 3 heteroatoms. The van der Waals surface area contributed by atoms with Crippen LogP contribution in [0.4, 0.5) is 0 Å². The van der Waals surface area contributed by atoms with Crippen LogP contribution in [-0.4, -0.2) is 14.9 Å². The third-order valence-electron chi connectivity index (χ3n) is 1.47. The van der Waals surface area contributed by atoms with Crippen molar-refractivity contribution in [1.82, 2.24) is 9.78 Å². The lowest BCUT2D eigenvalue weighted by molar-refractivity contribution is 0.444. The van der Waals surface area contributed by atoms with Crippen molar-refractivity contribution < 1.29 is 5.11 Å². The van der Waals surface area contributed by atoms with Crippen LogP contribution in [0.2, 0.25) is 0 Å². The molecular weight excluding hydrogens is 128 g/mol. The lowest BCUT2D eigenvalue weighted by Gasteiger charge is -1.95. The molecule has 0 saturated carbocycles. The van der Waals surface area contributed by atoms with Gasteiger partial charge in [-0.2, -0.15) is 0 Å². The van der Waals surface area contributed by atoms with Crippen molar-refractivity contribution in [2.75, 3.05) is 0 Å². The zero-order valence-electron chi connectivity index (χ0n) is 6.33. The molecule has 0 fully saturated rings. The minimum absolute atomic E-state index is 0.117. The Labute approximate surface area is 60.3 Å². The first-order valence-electron chi connectivity index (χ1n) is 3.46. The largest absolute Gasteiger partial charge is 0.492 e. The number of nitrogens with zero attached hydrogens (tertiary/aromatic N) is 2. The molecule has 0 saturated heterocycles. The number of hydrogen-bond acceptors (Lipinski definition) is 2. The standard InChI is InChI=1S/C7H12N2O/c1-3-4-6-5-7(10)8-9(6)2/h5H,3-4H2,1-2H3,(H,8,10). The van der Waals surface area contributed by atoms with Gasteiger partial charge in [0.15, 0.2) is 0 Å². The van der Waals surface area contributed by atoms with Crippen molar-refractivity contribution in [3.63, 3.8) is 0 Å². The predicted molar refractivity (Wildman–Crippen MR) is 38.9 cm³/mol. The first kappa shape index (κ1) is 7.12. The summed E-state index contributed by atoms with van der Waals surface area (Å²) in [6.07, 6.45) is 2.06. The summed E-state index contributed by atoms with van der Waals surface area (Å²) in [6, 6.07) is 1.70. The van der Waals surface area contributed by atoms with Crippen molar-refractivity contribution in [1.29, 1.82) is 0 Å². The Kier molecular flexibility index (Phi) is 1.94. The van der Waals surface area contributed by atoms with Gasteiger partial charge in [-0.15, -0.1) is 5.10 Å². The highest BCUT2D eigenvalue weighted by Crippen LogP contribution is 2.09. The van der Waals surface area contributed by atoms with Crippen LogP contribution >= 0.6 is 0 Å². The Morgan fingerprint density at radius 1 is 1.70 bits per heavy atom. The maximum Gasteiger partial charge on any atom is 0.230 e. The van der Waals surface area contributed by atoms with Gasteiger partial charge in [0, 0.05) is 18.8 Å². The second-order valence-electron chi connectivity index (χ2n) is 2.37. The number of aromatic hydroxyl groups is 1. The normalized spacial score (nSPS) is 10.2. The van der Waals surface area contributed by atoms with Gasteiger partial charge in [-0.3, -0.25) is 4.68 Å². The fraction of sp³-hybridized carbons (Fsp3) is 0.571. The first-order valence-corrected chi connectivity index (χ1v) is 3.46. The predicted octanol–water partition coefficient (Wildman–Crippen LogP) is 1.08. The SMILES string of the molecule is CCCc1cc(O)nn1C. The van der Waals surface area contributed by atoms with E-state index in [2.05, 4.69) is 12.0 Å². The smallest absolute Gasteiger partial charge is 0.230 e. The minimum Gasteiger partial charge on any atom is -0.492 e. The van der Waals surface area contributed by atoms with E-state index in [1.165, 1.54) is 0 Å². The van der Waals surface area contributed by atoms with Gasteiger partial charge in [-0.05, 0) is 6.42 Å². The molecule has 1 heterocycles. The van der Waals surface area contributed by atoms with Gasteiger partial charge in [0.05, 0.1) is 0 Å². The molecule has 1 N–H and O–H groups in total. The van der Waals surface area contributed by atoms with Crippen LogP contribution < -0.4 is 0 Å². The molecule has 0 bridgehead atoms. The molecule has 0 atom stereocenters. The van der Waals surface area contributed by atoms with Gasteiger partial charge >= 0.3 is 0 Å². The molecule has 3 nitrogen and oxygen atoms in total. The monoisotopic (exact) mass is 140 g/mol. The van der Waals surface area contributed by atoms with Gasteiger partial charge in [0.25, 0.3) is 0 Å². The van der Waals surface area contributed by atoms with Crippen LogP contribution in [0.5, 0.6) is 5.88 Å². The quantitative estimate of drug-likeness (QED) is 0.667. The Hall–Kier alpha value is -0.990. The summed E-state index contributed by atoms with van der Waals surface area (Å²) in [5, 5.41) is 12.7. The molecule has 0 aliphatic rings. The van der Waals surface area contributed by atoms with Crippen LogP contribution in [0.15, 0.2) is 6.07 Å². The van der Waals surface area contributed by atoms with E-state index in [1.807, 2.05) is 7.05 Å². The molecule has 0 spiro atoms. The van der Waals surface area contributed by atoms with E-state index < -0.39 is 0 Å². The first-order chi connectivity index (χ1) is 4.74. The summed E-state index contributed by atoms with van der Waals surface area (Å²) >= 11 is 0. The van der Waals surface area contributed by atoms with E-state index >= 15 is 0 Å². The molecule has 0 aliphatic carbocycles. The molecule has 0 amide bonds. The summed E-state index contributed by atoms with van der Waals surface area (Å²) in [4.78, 5) is 0. The Balaban J connectivity index is 2.81. The van der Waals surface area contributed by atoms with Crippen LogP contribution in [0, 0.1) is 0 Å². The van der Waals surface area contributed by atoms with Gasteiger partial charge < -0.3 is 5.11 Å². The van der Waals surface area contributed by atoms with Crippen molar-refractivity contribution in [3.05, 3.63) is 11.8 Å². The van der Waals surface area contributed by atoms with Gasteiger partial charge in [-0.25, -0.2) is 0 Å². The summed E-state index contributed by atoms with van der Waals surface area (Å²) < 4.78 is 1.71. The number of aromatic nitrogens is 2. The fourth-order valence-electron chi connectivity index (χ4n) is 0.979. The maximum atomic E-state index is 8.93. The number of hydrogen-bond donors (Lipinski definition) is 1. The third-order valence-corrected chi connectivity index (χ3v) is 1.47. The zero-order valence-corrected chi connectivity index (χ0v) is 6.33. The van der Waals surface area contributed by atoms with E-state index in [1.54, 1.807) is 10.7 Å². The zero-order chi connectivity index (χ0) is 7.56. The number of aryl methyl sites for hydroxylation is 2. The second kappa shape index (κ2) is 2.73. The van der Waals surface area contributed by atoms with E-state index in [0.717, 1.165) is 18.5 Å². The molecule has 0 aliphatic heterocycles. The van der Waals surface area contributed by atoms with Crippen molar-refractivity contribution in [2.24, 2.45) is 7.05 Å². The summed E-state index contributed by atoms with van der Waals surface area (Å²) in [5.41, 5.74) is 1.08. The van der Waals surface area contributed by atoms with Gasteiger partial charge in [0.1, 0.15) is 0 Å². The summed E-state index contributed by atoms with van der Waals surface area (Å²) in [5.74, 6) is 0.117.